The molecule has 0 aliphatic heterocycles. The maximum absolute atomic E-state index is 9.00. The molecule has 0 radical (unpaired) electrons. The van der Waals surface area contributed by atoms with Gasteiger partial charge in [0.2, 0.25) is 0 Å². The minimum absolute atomic E-state index is 0.327. The molecule has 1 N–H and O–H groups in total. The van der Waals surface area contributed by atoms with Gasteiger partial charge in [0.15, 0.2) is 0 Å². The molecule has 15 heavy (non-hydrogen) atoms. The third-order valence-corrected chi connectivity index (χ3v) is 1.37. The van der Waals surface area contributed by atoms with E-state index in [0.717, 1.165) is 12.7 Å². The number of rotatable bonds is 3. The van der Waals surface area contributed by atoms with Crippen LogP contribution in [-0.4, -0.2) is 22.5 Å². The van der Waals surface area contributed by atoms with Gasteiger partial charge in [0.25, 0.3) is 5.97 Å². The number of carboxylic acids is 1. The van der Waals surface area contributed by atoms with Gasteiger partial charge in [0, 0.05) is 6.92 Å². The van der Waals surface area contributed by atoms with Gasteiger partial charge in [-0.2, -0.15) is 0 Å². The van der Waals surface area contributed by atoms with Crippen molar-refractivity contribution >= 4 is 29.2 Å². The molecule has 0 spiro atoms. The fraction of sp³-hybridized carbons (Fsp3) is 0.300. The van der Waals surface area contributed by atoms with E-state index in [1.54, 1.807) is 0 Å². The summed E-state index contributed by atoms with van der Waals surface area (Å²) in [5.41, 5.74) is 0. The Labute approximate surface area is 98.6 Å². The Morgan fingerprint density at radius 1 is 1.40 bits per heavy atom. The summed E-state index contributed by atoms with van der Waals surface area (Å²) in [5, 5.41) is 7.42. The van der Waals surface area contributed by atoms with Crippen LogP contribution in [0.5, 0.6) is 5.75 Å². The van der Waals surface area contributed by atoms with Crippen molar-refractivity contribution in [2.45, 2.75) is 11.8 Å². The van der Waals surface area contributed by atoms with Gasteiger partial charge >= 0.3 is 0 Å². The van der Waals surface area contributed by atoms with E-state index < -0.39 is 10.8 Å². The molecule has 0 aromatic heterocycles. The average molecular weight is 251 g/mol. The largest absolute Gasteiger partial charge is 0.491 e. The van der Waals surface area contributed by atoms with Crippen LogP contribution in [0.4, 0.5) is 0 Å². The summed E-state index contributed by atoms with van der Waals surface area (Å²) in [5.74, 6) is -0.0428. The molecule has 3 nitrogen and oxygen atoms in total. The molecule has 0 atom stereocenters. The molecular weight excluding hydrogens is 239 g/mol. The van der Waals surface area contributed by atoms with Crippen molar-refractivity contribution in [3.05, 3.63) is 30.3 Å². The third-order valence-electron chi connectivity index (χ3n) is 1.12. The quantitative estimate of drug-likeness (QED) is 0.840. The first-order valence-electron chi connectivity index (χ1n) is 4.18. The van der Waals surface area contributed by atoms with Crippen LogP contribution in [0.3, 0.4) is 0 Å². The lowest BCUT2D eigenvalue weighted by Gasteiger charge is -2.04. The molecule has 0 aliphatic carbocycles. The molecule has 5 heteroatoms. The monoisotopic (exact) mass is 250 g/mol. The zero-order chi connectivity index (χ0) is 11.7. The Morgan fingerprint density at radius 3 is 2.27 bits per heavy atom. The average Bonchev–Trinajstić information content (AvgIpc) is 2.15. The lowest BCUT2D eigenvalue weighted by molar-refractivity contribution is -0.134. The Bertz CT molecular complexity index is 271. The van der Waals surface area contributed by atoms with Crippen LogP contribution >= 0.6 is 23.2 Å². The van der Waals surface area contributed by atoms with Gasteiger partial charge in [-0.05, 0) is 12.1 Å². The van der Waals surface area contributed by atoms with Crippen molar-refractivity contribution < 1.29 is 14.6 Å². The molecule has 1 aromatic carbocycles. The number of halogens is 2. The third kappa shape index (κ3) is 11.0. The van der Waals surface area contributed by atoms with Crippen molar-refractivity contribution in [3.63, 3.8) is 0 Å². The molecule has 84 valence electrons. The number of carboxylic acid groups (broad SMARTS) is 1. The van der Waals surface area contributed by atoms with Crippen LogP contribution in [0.25, 0.3) is 0 Å². The van der Waals surface area contributed by atoms with Crippen LogP contribution in [0.1, 0.15) is 6.92 Å². The maximum Gasteiger partial charge on any atom is 0.300 e. The second-order valence-electron chi connectivity index (χ2n) is 2.53. The molecule has 0 bridgehead atoms. The van der Waals surface area contributed by atoms with E-state index in [2.05, 4.69) is 0 Å². The SMILES string of the molecule is CC(=O)O.ClC(Cl)COc1ccccc1. The van der Waals surface area contributed by atoms with Crippen molar-refractivity contribution in [1.82, 2.24) is 0 Å². The number of carbonyl (C=O) groups is 1. The topological polar surface area (TPSA) is 46.5 Å². The molecule has 0 saturated heterocycles. The lowest BCUT2D eigenvalue weighted by Crippen LogP contribution is -2.04. The first kappa shape index (κ1) is 14.1. The highest BCUT2D eigenvalue weighted by Gasteiger charge is 1.98. The van der Waals surface area contributed by atoms with Gasteiger partial charge in [-0.3, -0.25) is 4.79 Å². The number of hydrogen-bond donors (Lipinski definition) is 1. The van der Waals surface area contributed by atoms with Crippen molar-refractivity contribution in [2.24, 2.45) is 0 Å². The normalized spacial score (nSPS) is 9.07. The number of hydrogen-bond acceptors (Lipinski definition) is 2. The summed E-state index contributed by atoms with van der Waals surface area (Å²) < 4.78 is 5.20. The second kappa shape index (κ2) is 8.38. The van der Waals surface area contributed by atoms with Crippen LogP contribution in [0.15, 0.2) is 30.3 Å². The number of ether oxygens (including phenoxy) is 1. The Kier molecular flexibility index (Phi) is 7.86. The number of benzene rings is 1. The minimum Gasteiger partial charge on any atom is -0.491 e. The van der Waals surface area contributed by atoms with Crippen LogP contribution in [-0.2, 0) is 4.79 Å². The van der Waals surface area contributed by atoms with E-state index in [4.69, 9.17) is 37.8 Å². The lowest BCUT2D eigenvalue weighted by atomic mass is 10.3. The fourth-order valence-corrected chi connectivity index (χ4v) is 0.802. The molecule has 0 unspecified atom stereocenters. The van der Waals surface area contributed by atoms with Gasteiger partial charge < -0.3 is 9.84 Å². The van der Waals surface area contributed by atoms with E-state index in [-0.39, 0.29) is 0 Å². The number of alkyl halides is 2. The molecule has 0 amide bonds. The Balaban J connectivity index is 0.000000423. The summed E-state index contributed by atoms with van der Waals surface area (Å²) in [7, 11) is 0. The van der Waals surface area contributed by atoms with E-state index >= 15 is 0 Å². The van der Waals surface area contributed by atoms with E-state index in [0.29, 0.717) is 6.61 Å². The first-order chi connectivity index (χ1) is 7.02. The minimum atomic E-state index is -0.833. The molecular formula is C10H12Cl2O3. The smallest absolute Gasteiger partial charge is 0.300 e. The summed E-state index contributed by atoms with van der Waals surface area (Å²) in [6.07, 6.45) is 0. The van der Waals surface area contributed by atoms with E-state index in [1.807, 2.05) is 30.3 Å². The van der Waals surface area contributed by atoms with E-state index in [9.17, 15) is 0 Å². The predicted octanol–water partition coefficient (Wildman–Crippen LogP) is 2.96. The fourth-order valence-electron chi connectivity index (χ4n) is 0.676. The highest BCUT2D eigenvalue weighted by atomic mass is 35.5. The Morgan fingerprint density at radius 2 is 1.87 bits per heavy atom. The van der Waals surface area contributed by atoms with Crippen LogP contribution < -0.4 is 4.74 Å². The molecule has 0 fully saturated rings. The number of para-hydroxylation sites is 1. The molecule has 1 rings (SSSR count). The van der Waals surface area contributed by atoms with Gasteiger partial charge in [-0.15, -0.1) is 23.2 Å². The summed E-state index contributed by atoms with van der Waals surface area (Å²) in [4.78, 5) is 8.54. The first-order valence-corrected chi connectivity index (χ1v) is 5.05. The Hall–Kier alpha value is -0.930. The zero-order valence-electron chi connectivity index (χ0n) is 8.19. The number of aliphatic carboxylic acids is 1. The molecule has 0 saturated carbocycles. The summed E-state index contributed by atoms with van der Waals surface area (Å²) >= 11 is 10.9. The highest BCUT2D eigenvalue weighted by Crippen LogP contribution is 2.10. The molecule has 0 aliphatic rings. The van der Waals surface area contributed by atoms with Gasteiger partial charge in [-0.1, -0.05) is 18.2 Å². The summed E-state index contributed by atoms with van der Waals surface area (Å²) in [6, 6.07) is 9.43. The molecule has 0 heterocycles. The van der Waals surface area contributed by atoms with Gasteiger partial charge in [0.1, 0.15) is 17.2 Å². The predicted molar refractivity (Wildman–Crippen MR) is 60.7 cm³/mol. The van der Waals surface area contributed by atoms with Crippen molar-refractivity contribution in [1.29, 1.82) is 0 Å². The summed E-state index contributed by atoms with van der Waals surface area (Å²) in [6.45, 7) is 1.41. The van der Waals surface area contributed by atoms with Crippen LogP contribution in [0, 0.1) is 0 Å². The molecule has 1 aromatic rings. The van der Waals surface area contributed by atoms with Crippen molar-refractivity contribution in [2.75, 3.05) is 6.61 Å². The second-order valence-corrected chi connectivity index (χ2v) is 3.81. The maximum atomic E-state index is 9.00. The van der Waals surface area contributed by atoms with Crippen LogP contribution in [0.2, 0.25) is 0 Å². The van der Waals surface area contributed by atoms with Gasteiger partial charge in [-0.25, -0.2) is 0 Å². The highest BCUT2D eigenvalue weighted by molar-refractivity contribution is 6.44. The standard InChI is InChI=1S/C8H8Cl2O.C2H4O2/c9-8(10)6-11-7-4-2-1-3-5-7;1-2(3)4/h1-5,8H,6H2;1H3,(H,3,4). The van der Waals surface area contributed by atoms with Gasteiger partial charge in [0.05, 0.1) is 0 Å². The van der Waals surface area contributed by atoms with Crippen molar-refractivity contribution in [3.8, 4) is 5.75 Å². The van der Waals surface area contributed by atoms with E-state index in [1.165, 1.54) is 0 Å². The zero-order valence-corrected chi connectivity index (χ0v) is 9.70.